The van der Waals surface area contributed by atoms with E-state index in [9.17, 15) is 0 Å². The van der Waals surface area contributed by atoms with Gasteiger partial charge in [0.15, 0.2) is 5.82 Å². The van der Waals surface area contributed by atoms with Crippen LogP contribution in [0.3, 0.4) is 0 Å². The number of ether oxygens (including phenoxy) is 3. The van der Waals surface area contributed by atoms with E-state index in [1.807, 2.05) is 12.1 Å². The van der Waals surface area contributed by atoms with Crippen LogP contribution in [0.25, 0.3) is 11.4 Å². The van der Waals surface area contributed by atoms with Gasteiger partial charge in [0.25, 0.3) is 0 Å². The van der Waals surface area contributed by atoms with Gasteiger partial charge in [-0.3, -0.25) is 4.98 Å². The molecule has 0 aliphatic carbocycles. The van der Waals surface area contributed by atoms with Crippen LogP contribution in [0.15, 0.2) is 41.8 Å². The average Bonchev–Trinajstić information content (AvgIpc) is 3.06. The monoisotopic (exact) mass is 371 g/mol. The van der Waals surface area contributed by atoms with Crippen LogP contribution in [0.5, 0.6) is 17.2 Å². The van der Waals surface area contributed by atoms with Crippen molar-refractivity contribution >= 4 is 18.4 Å². The summed E-state index contributed by atoms with van der Waals surface area (Å²) in [6.45, 7) is 0. The van der Waals surface area contributed by atoms with Crippen molar-refractivity contribution in [1.82, 2.24) is 19.9 Å². The number of benzene rings is 1. The highest BCUT2D eigenvalue weighted by Crippen LogP contribution is 2.32. The molecule has 0 radical (unpaired) electrons. The molecule has 0 atom stereocenters. The number of nitrogens with zero attached hydrogens (tertiary/aromatic N) is 4. The summed E-state index contributed by atoms with van der Waals surface area (Å²) in [5.74, 6) is 2.28. The second kappa shape index (κ2) is 7.79. The van der Waals surface area contributed by atoms with Gasteiger partial charge in [-0.05, 0) is 24.4 Å². The molecule has 1 N–H and O–H groups in total. The number of aromatic nitrogens is 4. The van der Waals surface area contributed by atoms with Crippen molar-refractivity contribution in [2.24, 2.45) is 5.10 Å². The third-order valence-electron chi connectivity index (χ3n) is 3.63. The Morgan fingerprint density at radius 1 is 1.15 bits per heavy atom. The molecular formula is C17H17N5O3S. The molecule has 0 fully saturated rings. The highest BCUT2D eigenvalue weighted by molar-refractivity contribution is 7.71. The summed E-state index contributed by atoms with van der Waals surface area (Å²) in [4.78, 5) is 4.10. The molecule has 0 saturated heterocycles. The molecule has 3 aromatic rings. The fourth-order valence-corrected chi connectivity index (χ4v) is 2.54. The molecule has 8 nitrogen and oxygen atoms in total. The van der Waals surface area contributed by atoms with Gasteiger partial charge in [0, 0.05) is 30.1 Å². The van der Waals surface area contributed by atoms with Gasteiger partial charge in [-0.15, -0.1) is 0 Å². The van der Waals surface area contributed by atoms with Crippen LogP contribution in [-0.4, -0.2) is 47.4 Å². The summed E-state index contributed by atoms with van der Waals surface area (Å²) in [7, 11) is 4.71. The van der Waals surface area contributed by atoms with Gasteiger partial charge >= 0.3 is 0 Å². The molecule has 0 bridgehead atoms. The van der Waals surface area contributed by atoms with Crippen LogP contribution in [-0.2, 0) is 0 Å². The summed E-state index contributed by atoms with van der Waals surface area (Å²) < 4.78 is 18.0. The lowest BCUT2D eigenvalue weighted by molar-refractivity contribution is 0.374. The lowest BCUT2D eigenvalue weighted by Crippen LogP contribution is -2.00. The number of nitrogens with one attached hydrogen (secondary N) is 1. The van der Waals surface area contributed by atoms with Gasteiger partial charge in [0.05, 0.1) is 33.1 Å². The first-order valence-corrected chi connectivity index (χ1v) is 8.01. The molecule has 134 valence electrons. The predicted molar refractivity (Wildman–Crippen MR) is 99.7 cm³/mol. The van der Waals surface area contributed by atoms with E-state index in [0.717, 1.165) is 5.56 Å². The Hall–Kier alpha value is -3.20. The first kappa shape index (κ1) is 17.6. The average molecular weight is 371 g/mol. The Bertz CT molecular complexity index is 957. The molecule has 0 spiro atoms. The summed E-state index contributed by atoms with van der Waals surface area (Å²) in [6.07, 6.45) is 4.97. The van der Waals surface area contributed by atoms with E-state index in [1.165, 1.54) is 4.68 Å². The number of H-pyrrole nitrogens is 1. The van der Waals surface area contributed by atoms with Crippen molar-refractivity contribution in [3.05, 3.63) is 47.0 Å². The second-order valence-electron chi connectivity index (χ2n) is 5.10. The molecule has 1 aromatic carbocycles. The minimum atomic E-state index is 0.353. The minimum absolute atomic E-state index is 0.353. The third-order valence-corrected chi connectivity index (χ3v) is 3.89. The Morgan fingerprint density at radius 3 is 2.46 bits per heavy atom. The van der Waals surface area contributed by atoms with Crippen LogP contribution >= 0.6 is 12.2 Å². The zero-order chi connectivity index (χ0) is 18.5. The Kier molecular flexibility index (Phi) is 5.28. The number of hydrogen-bond donors (Lipinski definition) is 1. The van der Waals surface area contributed by atoms with Gasteiger partial charge in [-0.25, -0.2) is 5.10 Å². The number of pyridine rings is 1. The lowest BCUT2D eigenvalue weighted by Gasteiger charge is -2.12. The first-order chi connectivity index (χ1) is 12.7. The van der Waals surface area contributed by atoms with E-state index >= 15 is 0 Å². The summed E-state index contributed by atoms with van der Waals surface area (Å²) in [6, 6.07) is 7.19. The predicted octanol–water partition coefficient (Wildman–Crippen LogP) is 2.91. The maximum atomic E-state index is 5.43. The molecule has 3 rings (SSSR count). The van der Waals surface area contributed by atoms with E-state index in [2.05, 4.69) is 20.3 Å². The molecule has 0 amide bonds. The number of aromatic amines is 1. The van der Waals surface area contributed by atoms with E-state index in [0.29, 0.717) is 33.4 Å². The van der Waals surface area contributed by atoms with E-state index < -0.39 is 0 Å². The molecule has 26 heavy (non-hydrogen) atoms. The van der Waals surface area contributed by atoms with Crippen LogP contribution < -0.4 is 14.2 Å². The quantitative estimate of drug-likeness (QED) is 0.530. The Labute approximate surface area is 155 Å². The molecule has 9 heteroatoms. The van der Waals surface area contributed by atoms with E-state index in [1.54, 1.807) is 52.1 Å². The summed E-state index contributed by atoms with van der Waals surface area (Å²) >= 11 is 5.28. The fraction of sp³-hybridized carbons (Fsp3) is 0.176. The van der Waals surface area contributed by atoms with Crippen LogP contribution in [0.1, 0.15) is 5.56 Å². The maximum absolute atomic E-state index is 5.43. The van der Waals surface area contributed by atoms with Crippen molar-refractivity contribution in [1.29, 1.82) is 0 Å². The maximum Gasteiger partial charge on any atom is 0.216 e. The smallest absolute Gasteiger partial charge is 0.216 e. The Morgan fingerprint density at radius 2 is 1.88 bits per heavy atom. The highest BCUT2D eigenvalue weighted by atomic mass is 32.1. The van der Waals surface area contributed by atoms with Crippen LogP contribution in [0.2, 0.25) is 0 Å². The number of hydrogen-bond acceptors (Lipinski definition) is 7. The summed E-state index contributed by atoms with van der Waals surface area (Å²) in [5, 5.41) is 11.4. The van der Waals surface area contributed by atoms with Gasteiger partial charge < -0.3 is 14.2 Å². The normalized spacial score (nSPS) is 10.9. The fourth-order valence-electron chi connectivity index (χ4n) is 2.36. The van der Waals surface area contributed by atoms with Crippen molar-refractivity contribution in [3.63, 3.8) is 0 Å². The van der Waals surface area contributed by atoms with Crippen LogP contribution in [0.4, 0.5) is 0 Å². The largest absolute Gasteiger partial charge is 0.496 e. The molecule has 0 unspecified atom stereocenters. The highest BCUT2D eigenvalue weighted by Gasteiger charge is 2.13. The van der Waals surface area contributed by atoms with Gasteiger partial charge in [0.2, 0.25) is 4.77 Å². The number of methoxy groups -OCH3 is 3. The van der Waals surface area contributed by atoms with Crippen molar-refractivity contribution in [2.75, 3.05) is 21.3 Å². The molecule has 0 aliphatic rings. The number of rotatable bonds is 6. The minimum Gasteiger partial charge on any atom is -0.496 e. The Balaban J connectivity index is 2.07. The molecular weight excluding hydrogens is 354 g/mol. The zero-order valence-corrected chi connectivity index (χ0v) is 15.3. The molecule has 2 heterocycles. The topological polar surface area (TPSA) is 86.5 Å². The van der Waals surface area contributed by atoms with E-state index in [4.69, 9.17) is 26.4 Å². The molecule has 2 aromatic heterocycles. The van der Waals surface area contributed by atoms with Gasteiger partial charge in [0.1, 0.15) is 17.2 Å². The SMILES string of the molecule is COc1cc(OC)c(C=Nn2c(-c3cccnc3)n[nH]c2=S)c(OC)c1. The third kappa shape index (κ3) is 3.42. The molecule has 0 aliphatic heterocycles. The van der Waals surface area contributed by atoms with Crippen molar-refractivity contribution in [2.45, 2.75) is 0 Å². The van der Waals surface area contributed by atoms with Crippen molar-refractivity contribution in [3.8, 4) is 28.6 Å². The summed E-state index contributed by atoms with van der Waals surface area (Å²) in [5.41, 5.74) is 1.43. The standard InChI is InChI=1S/C17H17N5O3S/c1-23-12-7-14(24-2)13(15(8-12)25-3)10-19-22-16(20-21-17(22)26)11-5-4-6-18-9-11/h4-10H,1-3H3,(H,21,26). The van der Waals surface area contributed by atoms with Gasteiger partial charge in [-0.1, -0.05) is 0 Å². The molecule has 0 saturated carbocycles. The lowest BCUT2D eigenvalue weighted by atomic mass is 10.2. The van der Waals surface area contributed by atoms with Gasteiger partial charge in [-0.2, -0.15) is 14.9 Å². The first-order valence-electron chi connectivity index (χ1n) is 7.60. The second-order valence-corrected chi connectivity index (χ2v) is 5.48. The van der Waals surface area contributed by atoms with Crippen molar-refractivity contribution < 1.29 is 14.2 Å². The zero-order valence-electron chi connectivity index (χ0n) is 14.5. The van der Waals surface area contributed by atoms with Crippen LogP contribution in [0, 0.1) is 4.77 Å². The van der Waals surface area contributed by atoms with E-state index in [-0.39, 0.29) is 0 Å².